The molecule has 7 heteroatoms. The van der Waals surface area contributed by atoms with Crippen molar-refractivity contribution >= 4 is 17.7 Å². The molecule has 6 nitrogen and oxygen atoms in total. The van der Waals surface area contributed by atoms with E-state index in [2.05, 4.69) is 21.7 Å². The quantitative estimate of drug-likeness (QED) is 0.658. The van der Waals surface area contributed by atoms with E-state index in [-0.39, 0.29) is 4.75 Å². The molecule has 1 fully saturated rings. The second-order valence-electron chi connectivity index (χ2n) is 5.25. The van der Waals surface area contributed by atoms with Gasteiger partial charge in [-0.15, -0.1) is 0 Å². The van der Waals surface area contributed by atoms with Crippen molar-refractivity contribution in [1.29, 1.82) is 0 Å². The van der Waals surface area contributed by atoms with Crippen LogP contribution in [0.4, 0.5) is 0 Å². The second-order valence-corrected chi connectivity index (χ2v) is 6.52. The molecule has 0 unspecified atom stereocenters. The van der Waals surface area contributed by atoms with Gasteiger partial charge in [0.1, 0.15) is 12.0 Å². The summed E-state index contributed by atoms with van der Waals surface area (Å²) < 4.78 is 10.6. The number of guanidine groups is 1. The Bertz CT molecular complexity index is 444. The summed E-state index contributed by atoms with van der Waals surface area (Å²) in [4.78, 5) is 6.40. The van der Waals surface area contributed by atoms with Crippen LogP contribution in [0, 0.1) is 0 Å². The first-order chi connectivity index (χ1) is 10.2. The molecule has 118 valence electrons. The van der Waals surface area contributed by atoms with E-state index in [0.717, 1.165) is 44.3 Å². The van der Waals surface area contributed by atoms with Crippen LogP contribution in [-0.4, -0.2) is 60.9 Å². The van der Waals surface area contributed by atoms with Crippen molar-refractivity contribution in [3.63, 3.8) is 0 Å². The van der Waals surface area contributed by atoms with Gasteiger partial charge in [-0.25, -0.2) is 0 Å². The van der Waals surface area contributed by atoms with Crippen LogP contribution in [-0.2, 0) is 11.3 Å². The zero-order valence-electron chi connectivity index (χ0n) is 13.0. The number of nitrogens with zero attached hydrogens (tertiary/aromatic N) is 3. The van der Waals surface area contributed by atoms with Crippen LogP contribution in [0.2, 0.25) is 0 Å². The largest absolute Gasteiger partial charge is 0.381 e. The smallest absolute Gasteiger partial charge is 0.193 e. The summed E-state index contributed by atoms with van der Waals surface area (Å²) in [6, 6.07) is 1.87. The van der Waals surface area contributed by atoms with Crippen molar-refractivity contribution in [1.82, 2.24) is 15.4 Å². The van der Waals surface area contributed by atoms with Crippen molar-refractivity contribution in [3.05, 3.63) is 18.0 Å². The topological polar surface area (TPSA) is 62.9 Å². The molecule has 2 rings (SSSR count). The molecular weight excluding hydrogens is 288 g/mol. The molecule has 1 aromatic rings. The Morgan fingerprint density at radius 3 is 2.86 bits per heavy atom. The van der Waals surface area contributed by atoms with Crippen molar-refractivity contribution < 1.29 is 9.26 Å². The Labute approximate surface area is 130 Å². The van der Waals surface area contributed by atoms with Crippen molar-refractivity contribution in [3.8, 4) is 0 Å². The molecule has 1 saturated heterocycles. The molecule has 1 aliphatic heterocycles. The van der Waals surface area contributed by atoms with Gasteiger partial charge in [-0.3, -0.25) is 4.99 Å². The van der Waals surface area contributed by atoms with Gasteiger partial charge >= 0.3 is 0 Å². The number of hydrogen-bond acceptors (Lipinski definition) is 5. The number of rotatable bonds is 5. The van der Waals surface area contributed by atoms with Crippen LogP contribution < -0.4 is 5.32 Å². The molecule has 0 amide bonds. The predicted octanol–water partition coefficient (Wildman–Crippen LogP) is 1.59. The normalized spacial score (nSPS) is 18.5. The molecule has 0 radical (unpaired) electrons. The van der Waals surface area contributed by atoms with Gasteiger partial charge in [0.2, 0.25) is 0 Å². The minimum absolute atomic E-state index is 0.239. The van der Waals surface area contributed by atoms with E-state index < -0.39 is 0 Å². The number of ether oxygens (including phenoxy) is 1. The van der Waals surface area contributed by atoms with Gasteiger partial charge in [0, 0.05) is 44.7 Å². The Hall–Kier alpha value is -1.21. The zero-order chi connectivity index (χ0) is 15.1. The number of nitrogens with one attached hydrogen (secondary N) is 1. The Morgan fingerprint density at radius 2 is 2.29 bits per heavy atom. The molecule has 0 atom stereocenters. The lowest BCUT2D eigenvalue weighted by atomic mass is 9.99. The Morgan fingerprint density at radius 1 is 1.52 bits per heavy atom. The molecule has 2 heterocycles. The lowest BCUT2D eigenvalue weighted by Crippen LogP contribution is -2.48. The molecule has 0 aromatic carbocycles. The standard InChI is InChI=1S/C14H24N4O2S/c1-15-13(18(2)10-12-4-7-20-17-12)16-11-14(21-3)5-8-19-9-6-14/h4,7H,5-6,8-11H2,1-3H3,(H,15,16). The fourth-order valence-corrected chi connectivity index (χ4v) is 3.25. The van der Waals surface area contributed by atoms with Gasteiger partial charge in [0.25, 0.3) is 0 Å². The van der Waals surface area contributed by atoms with Crippen molar-refractivity contribution in [2.75, 3.05) is 40.1 Å². The van der Waals surface area contributed by atoms with E-state index in [0.29, 0.717) is 6.54 Å². The molecule has 0 saturated carbocycles. The van der Waals surface area contributed by atoms with E-state index in [4.69, 9.17) is 9.26 Å². The maximum Gasteiger partial charge on any atom is 0.193 e. The van der Waals surface area contributed by atoms with Crippen LogP contribution >= 0.6 is 11.8 Å². The lowest BCUT2D eigenvalue weighted by Gasteiger charge is -2.36. The summed E-state index contributed by atoms with van der Waals surface area (Å²) in [5, 5.41) is 7.42. The predicted molar refractivity (Wildman–Crippen MR) is 85.6 cm³/mol. The van der Waals surface area contributed by atoms with Gasteiger partial charge in [0.05, 0.1) is 6.54 Å². The highest BCUT2D eigenvalue weighted by molar-refractivity contribution is 8.00. The van der Waals surface area contributed by atoms with Crippen LogP contribution in [0.1, 0.15) is 18.5 Å². The third-order valence-electron chi connectivity index (χ3n) is 3.87. The van der Waals surface area contributed by atoms with E-state index in [1.165, 1.54) is 0 Å². The van der Waals surface area contributed by atoms with Crippen LogP contribution in [0.15, 0.2) is 21.8 Å². The summed E-state index contributed by atoms with van der Waals surface area (Å²) in [6.07, 6.45) is 5.91. The molecular formula is C14H24N4O2S. The second kappa shape index (κ2) is 7.70. The zero-order valence-corrected chi connectivity index (χ0v) is 13.8. The highest BCUT2D eigenvalue weighted by Crippen LogP contribution is 2.32. The third kappa shape index (κ3) is 4.38. The summed E-state index contributed by atoms with van der Waals surface area (Å²) in [5.74, 6) is 0.873. The fourth-order valence-electron chi connectivity index (χ4n) is 2.46. The average molecular weight is 312 g/mol. The van der Waals surface area contributed by atoms with Gasteiger partial charge in [0.15, 0.2) is 5.96 Å². The van der Waals surface area contributed by atoms with Crippen LogP contribution in [0.25, 0.3) is 0 Å². The summed E-state index contributed by atoms with van der Waals surface area (Å²) in [6.45, 7) is 3.25. The van der Waals surface area contributed by atoms with Crippen LogP contribution in [0.3, 0.4) is 0 Å². The minimum Gasteiger partial charge on any atom is -0.381 e. The van der Waals surface area contributed by atoms with Gasteiger partial charge < -0.3 is 19.5 Å². The highest BCUT2D eigenvalue weighted by Gasteiger charge is 2.32. The minimum atomic E-state index is 0.239. The van der Waals surface area contributed by atoms with E-state index >= 15 is 0 Å². The monoisotopic (exact) mass is 312 g/mol. The first-order valence-electron chi connectivity index (χ1n) is 7.13. The molecule has 21 heavy (non-hydrogen) atoms. The molecule has 1 aromatic heterocycles. The number of aromatic nitrogens is 1. The van der Waals surface area contributed by atoms with E-state index in [1.54, 1.807) is 13.3 Å². The fraction of sp³-hybridized carbons (Fsp3) is 0.714. The molecule has 0 spiro atoms. The Kier molecular flexibility index (Phi) is 5.93. The maximum absolute atomic E-state index is 5.48. The van der Waals surface area contributed by atoms with E-state index in [9.17, 15) is 0 Å². The Balaban J connectivity index is 1.89. The summed E-state index contributed by atoms with van der Waals surface area (Å²) in [7, 11) is 3.80. The molecule has 1 N–H and O–H groups in total. The van der Waals surface area contributed by atoms with Gasteiger partial charge in [-0.05, 0) is 19.1 Å². The number of hydrogen-bond donors (Lipinski definition) is 1. The third-order valence-corrected chi connectivity index (χ3v) is 5.29. The first-order valence-corrected chi connectivity index (χ1v) is 8.35. The molecule has 0 aliphatic carbocycles. The van der Waals surface area contributed by atoms with Gasteiger partial charge in [-0.2, -0.15) is 11.8 Å². The lowest BCUT2D eigenvalue weighted by molar-refractivity contribution is 0.0781. The van der Waals surface area contributed by atoms with E-state index in [1.807, 2.05) is 29.8 Å². The average Bonchev–Trinajstić information content (AvgIpc) is 3.01. The van der Waals surface area contributed by atoms with Crippen molar-refractivity contribution in [2.24, 2.45) is 4.99 Å². The summed E-state index contributed by atoms with van der Waals surface area (Å²) in [5.41, 5.74) is 0.895. The number of aliphatic imine (C=N–C) groups is 1. The summed E-state index contributed by atoms with van der Waals surface area (Å²) >= 11 is 1.92. The van der Waals surface area contributed by atoms with Gasteiger partial charge in [-0.1, -0.05) is 5.16 Å². The SMILES string of the molecule is CN=C(NCC1(SC)CCOCC1)N(C)Cc1ccon1. The number of thioether (sulfide) groups is 1. The molecule has 0 bridgehead atoms. The van der Waals surface area contributed by atoms with Crippen molar-refractivity contribution in [2.45, 2.75) is 24.1 Å². The highest BCUT2D eigenvalue weighted by atomic mass is 32.2. The van der Waals surface area contributed by atoms with Crippen LogP contribution in [0.5, 0.6) is 0 Å². The molecule has 1 aliphatic rings. The maximum atomic E-state index is 5.48. The first kappa shape index (κ1) is 16.2.